The van der Waals surface area contributed by atoms with Crippen molar-refractivity contribution in [2.24, 2.45) is 17.6 Å². The predicted molar refractivity (Wildman–Crippen MR) is 71.3 cm³/mol. The van der Waals surface area contributed by atoms with Gasteiger partial charge in [-0.15, -0.1) is 0 Å². The second-order valence-electron chi connectivity index (χ2n) is 5.38. The first-order valence-electron chi connectivity index (χ1n) is 6.51. The average molecular weight is 233 g/mol. The molecule has 0 radical (unpaired) electrons. The minimum atomic E-state index is 0.385. The number of rotatable bonds is 3. The first kappa shape index (κ1) is 12.4. The van der Waals surface area contributed by atoms with Crippen LogP contribution < -0.4 is 10.5 Å². The van der Waals surface area contributed by atoms with Crippen LogP contribution in [0.3, 0.4) is 0 Å². The summed E-state index contributed by atoms with van der Waals surface area (Å²) in [5.74, 6) is 2.35. The van der Waals surface area contributed by atoms with Gasteiger partial charge in [0.1, 0.15) is 5.75 Å². The first-order valence-corrected chi connectivity index (χ1v) is 6.51. The van der Waals surface area contributed by atoms with Gasteiger partial charge in [-0.1, -0.05) is 24.6 Å². The topological polar surface area (TPSA) is 35.2 Å². The van der Waals surface area contributed by atoms with E-state index in [9.17, 15) is 0 Å². The first-order chi connectivity index (χ1) is 8.11. The third-order valence-electron chi connectivity index (χ3n) is 4.21. The molecule has 1 aliphatic carbocycles. The Kier molecular flexibility index (Phi) is 3.72. The molecule has 2 heteroatoms. The zero-order valence-corrected chi connectivity index (χ0v) is 11.1. The van der Waals surface area contributed by atoms with Gasteiger partial charge in [0.15, 0.2) is 0 Å². The number of hydrogen-bond donors (Lipinski definition) is 1. The molecule has 0 amide bonds. The lowest BCUT2D eigenvalue weighted by Crippen LogP contribution is -2.25. The van der Waals surface area contributed by atoms with Crippen molar-refractivity contribution in [3.8, 4) is 5.75 Å². The van der Waals surface area contributed by atoms with Gasteiger partial charge in [-0.05, 0) is 49.7 Å². The molecule has 0 saturated heterocycles. The summed E-state index contributed by atoms with van der Waals surface area (Å²) in [7, 11) is 1.75. The molecule has 0 heterocycles. The lowest BCUT2D eigenvalue weighted by Gasteiger charge is -2.19. The van der Waals surface area contributed by atoms with E-state index in [2.05, 4.69) is 32.0 Å². The van der Waals surface area contributed by atoms with Crippen LogP contribution in [0, 0.1) is 18.8 Å². The van der Waals surface area contributed by atoms with Gasteiger partial charge >= 0.3 is 0 Å². The fraction of sp³-hybridized carbons (Fsp3) is 0.600. The largest absolute Gasteiger partial charge is 0.496 e. The van der Waals surface area contributed by atoms with Crippen molar-refractivity contribution in [1.82, 2.24) is 0 Å². The molecule has 0 aliphatic heterocycles. The van der Waals surface area contributed by atoms with Gasteiger partial charge in [0.05, 0.1) is 7.11 Å². The Balaban J connectivity index is 2.15. The van der Waals surface area contributed by atoms with Crippen molar-refractivity contribution in [2.75, 3.05) is 7.11 Å². The van der Waals surface area contributed by atoms with Crippen LogP contribution in [-0.2, 0) is 6.42 Å². The summed E-state index contributed by atoms with van der Waals surface area (Å²) >= 11 is 0. The van der Waals surface area contributed by atoms with Gasteiger partial charge in [0, 0.05) is 6.04 Å². The summed E-state index contributed by atoms with van der Waals surface area (Å²) in [6, 6.07) is 6.81. The number of hydrogen-bond acceptors (Lipinski definition) is 2. The van der Waals surface area contributed by atoms with Gasteiger partial charge in [-0.25, -0.2) is 0 Å². The molecule has 1 saturated carbocycles. The Morgan fingerprint density at radius 2 is 2.12 bits per heavy atom. The fourth-order valence-corrected chi connectivity index (χ4v) is 2.92. The van der Waals surface area contributed by atoms with Crippen LogP contribution in [0.15, 0.2) is 18.2 Å². The van der Waals surface area contributed by atoms with E-state index in [0.717, 1.165) is 12.2 Å². The molecule has 2 rings (SSSR count). The Hall–Kier alpha value is -1.02. The van der Waals surface area contributed by atoms with Crippen molar-refractivity contribution in [2.45, 2.75) is 39.2 Å². The van der Waals surface area contributed by atoms with Crippen LogP contribution in [0.5, 0.6) is 5.75 Å². The minimum Gasteiger partial charge on any atom is -0.496 e. The van der Waals surface area contributed by atoms with E-state index in [0.29, 0.717) is 17.9 Å². The molecule has 3 atom stereocenters. The summed E-state index contributed by atoms with van der Waals surface area (Å²) in [5, 5.41) is 0. The second kappa shape index (κ2) is 5.09. The molecule has 1 aromatic carbocycles. The highest BCUT2D eigenvalue weighted by molar-refractivity contribution is 5.37. The Morgan fingerprint density at radius 3 is 2.71 bits per heavy atom. The molecular weight excluding hydrogens is 210 g/mol. The molecule has 0 spiro atoms. The smallest absolute Gasteiger partial charge is 0.122 e. The van der Waals surface area contributed by atoms with E-state index in [1.165, 1.54) is 24.0 Å². The average Bonchev–Trinajstić information content (AvgIpc) is 2.61. The summed E-state index contributed by atoms with van der Waals surface area (Å²) in [6.45, 7) is 4.41. The maximum atomic E-state index is 6.09. The Morgan fingerprint density at radius 1 is 1.35 bits per heavy atom. The van der Waals surface area contributed by atoms with Crippen LogP contribution in [-0.4, -0.2) is 13.2 Å². The predicted octanol–water partition coefficient (Wildman–Crippen LogP) is 2.92. The van der Waals surface area contributed by atoms with Crippen LogP contribution in [0.25, 0.3) is 0 Å². The number of aryl methyl sites for hydroxylation is 1. The zero-order valence-electron chi connectivity index (χ0n) is 11.1. The number of nitrogens with two attached hydrogens (primary N) is 1. The molecule has 1 aromatic rings. The molecule has 1 fully saturated rings. The van der Waals surface area contributed by atoms with Crippen molar-refractivity contribution in [3.05, 3.63) is 29.3 Å². The quantitative estimate of drug-likeness (QED) is 0.871. The molecule has 1 aliphatic rings. The third kappa shape index (κ3) is 2.63. The van der Waals surface area contributed by atoms with E-state index in [-0.39, 0.29) is 0 Å². The van der Waals surface area contributed by atoms with Gasteiger partial charge in [-0.2, -0.15) is 0 Å². The van der Waals surface area contributed by atoms with Crippen molar-refractivity contribution >= 4 is 0 Å². The Bertz CT molecular complexity index is 389. The number of ether oxygens (including phenoxy) is 1. The molecule has 0 aromatic heterocycles. The standard InChI is InChI=1S/C15H23NO/c1-10-4-7-15(17-3)13(8-10)9-12-5-6-14(16)11(12)2/h4,7-8,11-12,14H,5-6,9,16H2,1-3H3. The van der Waals surface area contributed by atoms with Crippen molar-refractivity contribution < 1.29 is 4.74 Å². The maximum Gasteiger partial charge on any atom is 0.122 e. The fourth-order valence-electron chi connectivity index (χ4n) is 2.92. The normalized spacial score (nSPS) is 28.4. The van der Waals surface area contributed by atoms with Crippen molar-refractivity contribution in [1.29, 1.82) is 0 Å². The summed E-state index contributed by atoms with van der Waals surface area (Å²) in [4.78, 5) is 0. The SMILES string of the molecule is COc1ccc(C)cc1CC1CCC(N)C1C. The molecule has 94 valence electrons. The maximum absolute atomic E-state index is 6.09. The zero-order chi connectivity index (χ0) is 12.4. The highest BCUT2D eigenvalue weighted by atomic mass is 16.5. The van der Waals surface area contributed by atoms with E-state index in [4.69, 9.17) is 10.5 Å². The van der Waals surface area contributed by atoms with Gasteiger partial charge in [0.25, 0.3) is 0 Å². The Labute approximate surface area is 104 Å². The molecular formula is C15H23NO. The van der Waals surface area contributed by atoms with E-state index in [1.54, 1.807) is 7.11 Å². The summed E-state index contributed by atoms with van der Waals surface area (Å²) in [5.41, 5.74) is 8.73. The highest BCUT2D eigenvalue weighted by Crippen LogP contribution is 2.35. The third-order valence-corrected chi connectivity index (χ3v) is 4.21. The molecule has 3 unspecified atom stereocenters. The highest BCUT2D eigenvalue weighted by Gasteiger charge is 2.30. The van der Waals surface area contributed by atoms with Gasteiger partial charge < -0.3 is 10.5 Å². The molecule has 0 bridgehead atoms. The lowest BCUT2D eigenvalue weighted by molar-refractivity contribution is 0.373. The molecule has 17 heavy (non-hydrogen) atoms. The van der Waals surface area contributed by atoms with E-state index >= 15 is 0 Å². The molecule has 2 nitrogen and oxygen atoms in total. The van der Waals surface area contributed by atoms with Gasteiger partial charge in [0.2, 0.25) is 0 Å². The van der Waals surface area contributed by atoms with Crippen LogP contribution >= 0.6 is 0 Å². The van der Waals surface area contributed by atoms with E-state index in [1.807, 2.05) is 0 Å². The van der Waals surface area contributed by atoms with Crippen LogP contribution in [0.2, 0.25) is 0 Å². The van der Waals surface area contributed by atoms with E-state index < -0.39 is 0 Å². The minimum absolute atomic E-state index is 0.385. The summed E-state index contributed by atoms with van der Waals surface area (Å²) in [6.07, 6.45) is 3.51. The lowest BCUT2D eigenvalue weighted by atomic mass is 9.89. The van der Waals surface area contributed by atoms with Crippen LogP contribution in [0.4, 0.5) is 0 Å². The molecule has 2 N–H and O–H groups in total. The van der Waals surface area contributed by atoms with Crippen molar-refractivity contribution in [3.63, 3.8) is 0 Å². The summed E-state index contributed by atoms with van der Waals surface area (Å²) < 4.78 is 5.44. The number of benzene rings is 1. The van der Waals surface area contributed by atoms with Crippen LogP contribution in [0.1, 0.15) is 30.9 Å². The number of methoxy groups -OCH3 is 1. The second-order valence-corrected chi connectivity index (χ2v) is 5.38. The monoisotopic (exact) mass is 233 g/mol. The van der Waals surface area contributed by atoms with Gasteiger partial charge in [-0.3, -0.25) is 0 Å².